The molecule has 92 valence electrons. The lowest BCUT2D eigenvalue weighted by molar-refractivity contribution is 0.111. The Balaban J connectivity index is 1.88. The molecule has 0 N–H and O–H groups in total. The largest absolute Gasteiger partial charge is 0.290 e. The minimum absolute atomic E-state index is 0.753. The lowest BCUT2D eigenvalue weighted by Gasteiger charge is -2.33. The molecule has 0 amide bonds. The zero-order chi connectivity index (χ0) is 12.3. The van der Waals surface area contributed by atoms with Gasteiger partial charge in [0.2, 0.25) is 0 Å². The van der Waals surface area contributed by atoms with Crippen molar-refractivity contribution in [2.24, 2.45) is 0 Å². The van der Waals surface area contributed by atoms with Crippen LogP contribution in [0.25, 0.3) is 0 Å². The van der Waals surface area contributed by atoms with Crippen molar-refractivity contribution in [3.05, 3.63) is 8.96 Å². The molecule has 0 saturated carbocycles. The lowest BCUT2D eigenvalue weighted by Crippen LogP contribution is -2.46. The van der Waals surface area contributed by atoms with Crippen molar-refractivity contribution < 1.29 is 0 Å². The Bertz CT molecular complexity index is 463. The molecule has 0 unspecified atom stereocenters. The van der Waals surface area contributed by atoms with Crippen LogP contribution in [0.1, 0.15) is 5.01 Å². The Morgan fingerprint density at radius 2 is 2.00 bits per heavy atom. The van der Waals surface area contributed by atoms with E-state index in [4.69, 9.17) is 18.6 Å². The number of hydrogen-bond acceptors (Lipinski definition) is 5. The van der Waals surface area contributed by atoms with Crippen LogP contribution in [0.3, 0.4) is 0 Å². The predicted molar refractivity (Wildman–Crippen MR) is 72.5 cm³/mol. The minimum atomic E-state index is 0.753. The lowest BCUT2D eigenvalue weighted by atomic mass is 10.3. The first-order valence-corrected chi connectivity index (χ1v) is 6.84. The van der Waals surface area contributed by atoms with E-state index in [0.29, 0.717) is 0 Å². The number of hydrogen-bond donors (Lipinski definition) is 0. The fraction of sp³-hybridized carbons (Fsp3) is 0.636. The summed E-state index contributed by atoms with van der Waals surface area (Å²) < 4.78 is 2.76. The normalized spacial score (nSPS) is 18.1. The number of piperazine rings is 1. The molecule has 1 aliphatic rings. The Morgan fingerprint density at radius 3 is 2.53 bits per heavy atom. The van der Waals surface area contributed by atoms with Crippen molar-refractivity contribution in [3.8, 4) is 12.3 Å². The molecule has 0 spiro atoms. The number of aryl methyl sites for hydroxylation is 1. The van der Waals surface area contributed by atoms with Gasteiger partial charge in [-0.15, -0.1) is 6.42 Å². The molecule has 1 aromatic heterocycles. The SMILES string of the molecule is C#CCN1CCN(Cn2nc(C)sc2=S)CC1. The van der Waals surface area contributed by atoms with Gasteiger partial charge in [0.25, 0.3) is 0 Å². The van der Waals surface area contributed by atoms with Crippen LogP contribution >= 0.6 is 23.6 Å². The zero-order valence-corrected chi connectivity index (χ0v) is 11.6. The fourth-order valence-corrected chi connectivity index (χ4v) is 2.96. The van der Waals surface area contributed by atoms with Crippen LogP contribution in [0, 0.1) is 23.2 Å². The Labute approximate surface area is 111 Å². The van der Waals surface area contributed by atoms with E-state index in [2.05, 4.69) is 20.8 Å². The maximum Gasteiger partial charge on any atom is 0.180 e. The fourth-order valence-electron chi connectivity index (χ4n) is 1.91. The van der Waals surface area contributed by atoms with Gasteiger partial charge in [-0.05, 0) is 19.1 Å². The van der Waals surface area contributed by atoms with Gasteiger partial charge >= 0.3 is 0 Å². The average Bonchev–Trinajstić information content (AvgIpc) is 2.61. The summed E-state index contributed by atoms with van der Waals surface area (Å²) in [5.74, 6) is 2.69. The monoisotopic (exact) mass is 268 g/mol. The molecule has 6 heteroatoms. The second kappa shape index (κ2) is 5.74. The Kier molecular flexibility index (Phi) is 4.29. The highest BCUT2D eigenvalue weighted by Gasteiger charge is 2.16. The standard InChI is InChI=1S/C11H16N4S2/c1-3-4-13-5-7-14(8-6-13)9-15-11(16)17-10(2)12-15/h1H,4-9H2,2H3. The summed E-state index contributed by atoms with van der Waals surface area (Å²) >= 11 is 6.83. The maximum absolute atomic E-state index is 5.31. The van der Waals surface area contributed by atoms with Crippen LogP contribution in [0.5, 0.6) is 0 Å². The average molecular weight is 268 g/mol. The van der Waals surface area contributed by atoms with Gasteiger partial charge in [-0.2, -0.15) is 5.10 Å². The van der Waals surface area contributed by atoms with Crippen molar-refractivity contribution >= 4 is 23.6 Å². The van der Waals surface area contributed by atoms with Crippen molar-refractivity contribution in [2.75, 3.05) is 32.7 Å². The molecule has 2 heterocycles. The van der Waals surface area contributed by atoms with E-state index in [1.165, 1.54) is 0 Å². The first-order valence-electron chi connectivity index (χ1n) is 5.62. The minimum Gasteiger partial charge on any atom is -0.290 e. The topological polar surface area (TPSA) is 24.3 Å². The number of nitrogens with zero attached hydrogens (tertiary/aromatic N) is 4. The molecular weight excluding hydrogens is 252 g/mol. The molecule has 1 saturated heterocycles. The van der Waals surface area contributed by atoms with Crippen LogP contribution in [0.2, 0.25) is 0 Å². The van der Waals surface area contributed by atoms with E-state index in [9.17, 15) is 0 Å². The number of rotatable bonds is 3. The number of aromatic nitrogens is 2. The van der Waals surface area contributed by atoms with Crippen molar-refractivity contribution in [2.45, 2.75) is 13.6 Å². The van der Waals surface area contributed by atoms with E-state index < -0.39 is 0 Å². The summed E-state index contributed by atoms with van der Waals surface area (Å²) in [6.45, 7) is 7.65. The molecule has 2 rings (SSSR count). The third-order valence-corrected chi connectivity index (χ3v) is 4.04. The van der Waals surface area contributed by atoms with Gasteiger partial charge in [0.05, 0.1) is 13.2 Å². The number of terminal acetylenes is 1. The molecule has 0 radical (unpaired) electrons. The second-order valence-corrected chi connectivity index (χ2v) is 5.95. The van der Waals surface area contributed by atoms with Crippen LogP contribution in [0.4, 0.5) is 0 Å². The summed E-state index contributed by atoms with van der Waals surface area (Å²) in [7, 11) is 0. The summed E-state index contributed by atoms with van der Waals surface area (Å²) in [5.41, 5.74) is 0. The van der Waals surface area contributed by atoms with Crippen LogP contribution in [-0.2, 0) is 6.67 Å². The molecule has 1 fully saturated rings. The first kappa shape index (κ1) is 12.7. The predicted octanol–water partition coefficient (Wildman–Crippen LogP) is 1.19. The van der Waals surface area contributed by atoms with E-state index >= 15 is 0 Å². The first-order chi connectivity index (χ1) is 8.19. The van der Waals surface area contributed by atoms with E-state index in [1.54, 1.807) is 11.3 Å². The molecule has 0 atom stereocenters. The van der Waals surface area contributed by atoms with Crippen molar-refractivity contribution in [3.63, 3.8) is 0 Å². The highest BCUT2D eigenvalue weighted by molar-refractivity contribution is 7.73. The van der Waals surface area contributed by atoms with Crippen LogP contribution < -0.4 is 0 Å². The smallest absolute Gasteiger partial charge is 0.180 e. The Morgan fingerprint density at radius 1 is 1.35 bits per heavy atom. The molecule has 17 heavy (non-hydrogen) atoms. The summed E-state index contributed by atoms with van der Waals surface area (Å²) in [5, 5.41) is 5.43. The van der Waals surface area contributed by atoms with Gasteiger partial charge < -0.3 is 0 Å². The molecule has 0 aromatic carbocycles. The van der Waals surface area contributed by atoms with E-state index in [0.717, 1.165) is 48.4 Å². The molecule has 1 aromatic rings. The van der Waals surface area contributed by atoms with Crippen molar-refractivity contribution in [1.82, 2.24) is 19.6 Å². The summed E-state index contributed by atoms with van der Waals surface area (Å²) in [6.07, 6.45) is 5.31. The molecule has 1 aliphatic heterocycles. The molecule has 0 aliphatic carbocycles. The quantitative estimate of drug-likeness (QED) is 0.607. The van der Waals surface area contributed by atoms with Gasteiger partial charge in [-0.3, -0.25) is 9.80 Å². The van der Waals surface area contributed by atoms with Gasteiger partial charge in [0, 0.05) is 26.2 Å². The Hall–Kier alpha value is -0.740. The zero-order valence-electron chi connectivity index (χ0n) is 9.93. The summed E-state index contributed by atoms with van der Waals surface area (Å²) in [6, 6.07) is 0. The van der Waals surface area contributed by atoms with Crippen LogP contribution in [-0.4, -0.2) is 52.3 Å². The highest BCUT2D eigenvalue weighted by atomic mass is 32.1. The molecular formula is C11H16N4S2. The molecule has 0 bridgehead atoms. The van der Waals surface area contributed by atoms with Gasteiger partial charge in [0.1, 0.15) is 5.01 Å². The summed E-state index contributed by atoms with van der Waals surface area (Å²) in [4.78, 5) is 4.66. The van der Waals surface area contributed by atoms with Gasteiger partial charge in [0.15, 0.2) is 3.95 Å². The third-order valence-electron chi connectivity index (χ3n) is 2.82. The van der Waals surface area contributed by atoms with E-state index in [1.807, 2.05) is 11.6 Å². The van der Waals surface area contributed by atoms with Gasteiger partial charge in [-0.1, -0.05) is 17.3 Å². The van der Waals surface area contributed by atoms with E-state index in [-0.39, 0.29) is 0 Å². The maximum atomic E-state index is 5.31. The second-order valence-electron chi connectivity index (χ2n) is 4.13. The van der Waals surface area contributed by atoms with Gasteiger partial charge in [-0.25, -0.2) is 4.68 Å². The van der Waals surface area contributed by atoms with Crippen LogP contribution in [0.15, 0.2) is 0 Å². The third kappa shape index (κ3) is 3.36. The van der Waals surface area contributed by atoms with Crippen molar-refractivity contribution in [1.29, 1.82) is 0 Å². The highest BCUT2D eigenvalue weighted by Crippen LogP contribution is 2.09. The molecule has 4 nitrogen and oxygen atoms in total.